The molecule has 1 heterocycles. The highest BCUT2D eigenvalue weighted by Gasteiger charge is 2.23. The van der Waals surface area contributed by atoms with Crippen LogP contribution >= 0.6 is 0 Å². The Kier molecular flexibility index (Phi) is 5.18. The van der Waals surface area contributed by atoms with E-state index in [-0.39, 0.29) is 11.6 Å². The van der Waals surface area contributed by atoms with Crippen LogP contribution in [0.25, 0.3) is 0 Å². The van der Waals surface area contributed by atoms with E-state index in [1.54, 1.807) is 14.2 Å². The SMILES string of the molecule is COc1cc2c(cc1OC)[C@H](CCc1ccc(F)c(F)c1F)NCC2. The molecule has 1 aliphatic heterocycles. The van der Waals surface area contributed by atoms with Crippen molar-refractivity contribution in [1.29, 1.82) is 0 Å². The molecule has 0 amide bonds. The molecule has 0 aromatic heterocycles. The number of methoxy groups -OCH3 is 2. The predicted octanol–water partition coefficient (Wildman–Crippen LogP) is 3.94. The number of halogens is 3. The molecule has 0 unspecified atom stereocenters. The van der Waals surface area contributed by atoms with E-state index in [9.17, 15) is 13.2 Å². The van der Waals surface area contributed by atoms with E-state index < -0.39 is 17.5 Å². The Morgan fingerprint density at radius 1 is 1.04 bits per heavy atom. The fourth-order valence-corrected chi connectivity index (χ4v) is 3.29. The van der Waals surface area contributed by atoms with E-state index in [4.69, 9.17) is 9.47 Å². The largest absolute Gasteiger partial charge is 0.493 e. The van der Waals surface area contributed by atoms with Crippen LogP contribution in [0.1, 0.15) is 29.2 Å². The summed E-state index contributed by atoms with van der Waals surface area (Å²) in [6.45, 7) is 0.785. The Labute approximate surface area is 144 Å². The van der Waals surface area contributed by atoms with E-state index in [1.807, 2.05) is 12.1 Å². The quantitative estimate of drug-likeness (QED) is 0.828. The summed E-state index contributed by atoms with van der Waals surface area (Å²) < 4.78 is 51.0. The first-order chi connectivity index (χ1) is 12.0. The molecule has 0 saturated heterocycles. The molecule has 0 bridgehead atoms. The molecule has 1 aliphatic rings. The lowest BCUT2D eigenvalue weighted by atomic mass is 9.90. The topological polar surface area (TPSA) is 30.5 Å². The highest BCUT2D eigenvalue weighted by atomic mass is 19.2. The molecule has 134 valence electrons. The lowest BCUT2D eigenvalue weighted by molar-refractivity contribution is 0.351. The minimum atomic E-state index is -1.42. The Morgan fingerprint density at radius 3 is 2.48 bits per heavy atom. The monoisotopic (exact) mass is 351 g/mol. The third kappa shape index (κ3) is 3.44. The highest BCUT2D eigenvalue weighted by Crippen LogP contribution is 2.36. The second-order valence-corrected chi connectivity index (χ2v) is 6.04. The van der Waals surface area contributed by atoms with Gasteiger partial charge in [-0.3, -0.25) is 0 Å². The summed E-state index contributed by atoms with van der Waals surface area (Å²) in [5, 5.41) is 3.39. The molecule has 1 atom stereocenters. The van der Waals surface area contributed by atoms with Crippen molar-refractivity contribution in [3.8, 4) is 11.5 Å². The smallest absolute Gasteiger partial charge is 0.194 e. The first-order valence-electron chi connectivity index (χ1n) is 8.15. The molecule has 2 aromatic rings. The van der Waals surface area contributed by atoms with E-state index in [2.05, 4.69) is 5.32 Å². The van der Waals surface area contributed by atoms with Gasteiger partial charge >= 0.3 is 0 Å². The molecule has 0 radical (unpaired) electrons. The lowest BCUT2D eigenvalue weighted by Crippen LogP contribution is -2.30. The minimum absolute atomic E-state index is 0.0175. The summed E-state index contributed by atoms with van der Waals surface area (Å²) in [6.07, 6.45) is 1.71. The standard InChI is InChI=1S/C19H20F3NO2/c1-24-16-9-12-7-8-23-15(13(12)10-17(16)25-2)6-4-11-3-5-14(20)19(22)18(11)21/h3,5,9-10,15,23H,4,6-8H2,1-2H3/t15-/m0/s1. The number of aryl methyl sites for hydroxylation is 1. The van der Waals surface area contributed by atoms with E-state index >= 15 is 0 Å². The van der Waals surface area contributed by atoms with Crippen LogP contribution in [-0.2, 0) is 12.8 Å². The minimum Gasteiger partial charge on any atom is -0.493 e. The lowest BCUT2D eigenvalue weighted by Gasteiger charge is -2.28. The number of hydrogen-bond donors (Lipinski definition) is 1. The summed E-state index contributed by atoms with van der Waals surface area (Å²) in [6, 6.07) is 6.12. The van der Waals surface area contributed by atoms with Gasteiger partial charge < -0.3 is 14.8 Å². The molecule has 0 spiro atoms. The van der Waals surface area contributed by atoms with Crippen LogP contribution in [0.4, 0.5) is 13.2 Å². The fourth-order valence-electron chi connectivity index (χ4n) is 3.29. The highest BCUT2D eigenvalue weighted by molar-refractivity contribution is 5.49. The van der Waals surface area contributed by atoms with Gasteiger partial charge in [0.25, 0.3) is 0 Å². The molecule has 0 aliphatic carbocycles. The molecule has 6 heteroatoms. The van der Waals surface area contributed by atoms with Gasteiger partial charge in [0.2, 0.25) is 0 Å². The van der Waals surface area contributed by atoms with Crippen molar-refractivity contribution < 1.29 is 22.6 Å². The molecular weight excluding hydrogens is 331 g/mol. The first-order valence-corrected chi connectivity index (χ1v) is 8.15. The van der Waals surface area contributed by atoms with Gasteiger partial charge in [-0.1, -0.05) is 6.07 Å². The molecule has 3 nitrogen and oxygen atoms in total. The van der Waals surface area contributed by atoms with Gasteiger partial charge in [0.15, 0.2) is 29.0 Å². The summed E-state index contributed by atoms with van der Waals surface area (Å²) >= 11 is 0. The Morgan fingerprint density at radius 2 is 1.76 bits per heavy atom. The second-order valence-electron chi connectivity index (χ2n) is 6.04. The first kappa shape index (κ1) is 17.6. The number of ether oxygens (including phenoxy) is 2. The van der Waals surface area contributed by atoms with Crippen molar-refractivity contribution in [3.63, 3.8) is 0 Å². The van der Waals surface area contributed by atoms with Gasteiger partial charge in [0.1, 0.15) is 0 Å². The van der Waals surface area contributed by atoms with E-state index in [0.29, 0.717) is 24.3 Å². The van der Waals surface area contributed by atoms with E-state index in [0.717, 1.165) is 30.2 Å². The van der Waals surface area contributed by atoms with Crippen molar-refractivity contribution >= 4 is 0 Å². The van der Waals surface area contributed by atoms with Crippen molar-refractivity contribution in [2.75, 3.05) is 20.8 Å². The zero-order valence-corrected chi connectivity index (χ0v) is 14.2. The van der Waals surface area contributed by atoms with Gasteiger partial charge in [-0.2, -0.15) is 0 Å². The summed E-state index contributed by atoms with van der Waals surface area (Å²) in [4.78, 5) is 0. The Bertz CT molecular complexity index is 780. The van der Waals surface area contributed by atoms with Crippen LogP contribution in [0.2, 0.25) is 0 Å². The molecule has 1 N–H and O–H groups in total. The Hall–Kier alpha value is -2.21. The summed E-state index contributed by atoms with van der Waals surface area (Å²) in [5.74, 6) is -2.38. The van der Waals surface area contributed by atoms with Gasteiger partial charge in [0, 0.05) is 6.04 Å². The number of hydrogen-bond acceptors (Lipinski definition) is 3. The van der Waals surface area contributed by atoms with Gasteiger partial charge in [-0.05, 0) is 60.7 Å². The van der Waals surface area contributed by atoms with Crippen LogP contribution < -0.4 is 14.8 Å². The zero-order valence-electron chi connectivity index (χ0n) is 14.2. The number of rotatable bonds is 5. The Balaban J connectivity index is 1.83. The number of fused-ring (bicyclic) bond motifs is 1. The maximum atomic E-state index is 13.9. The zero-order chi connectivity index (χ0) is 18.0. The molecule has 3 rings (SSSR count). The van der Waals surface area contributed by atoms with Crippen LogP contribution in [0.3, 0.4) is 0 Å². The second kappa shape index (κ2) is 7.35. The van der Waals surface area contributed by atoms with Crippen LogP contribution in [-0.4, -0.2) is 20.8 Å². The molecular formula is C19H20F3NO2. The average Bonchev–Trinajstić information content (AvgIpc) is 2.64. The van der Waals surface area contributed by atoms with Crippen LogP contribution in [0.5, 0.6) is 11.5 Å². The van der Waals surface area contributed by atoms with Crippen LogP contribution in [0.15, 0.2) is 24.3 Å². The van der Waals surface area contributed by atoms with Gasteiger partial charge in [-0.25, -0.2) is 13.2 Å². The average molecular weight is 351 g/mol. The van der Waals surface area contributed by atoms with Crippen molar-refractivity contribution in [3.05, 3.63) is 58.4 Å². The number of benzene rings is 2. The molecule has 0 fully saturated rings. The summed E-state index contributed by atoms with van der Waals surface area (Å²) in [7, 11) is 3.17. The number of nitrogens with one attached hydrogen (secondary N) is 1. The van der Waals surface area contributed by atoms with Crippen molar-refractivity contribution in [2.45, 2.75) is 25.3 Å². The molecule has 0 saturated carbocycles. The molecule has 2 aromatic carbocycles. The predicted molar refractivity (Wildman–Crippen MR) is 88.6 cm³/mol. The third-order valence-electron chi connectivity index (χ3n) is 4.62. The summed E-state index contributed by atoms with van der Waals surface area (Å²) in [5.41, 5.74) is 2.38. The normalized spacial score (nSPS) is 16.4. The van der Waals surface area contributed by atoms with Crippen molar-refractivity contribution in [2.24, 2.45) is 0 Å². The third-order valence-corrected chi connectivity index (χ3v) is 4.62. The maximum Gasteiger partial charge on any atom is 0.194 e. The van der Waals surface area contributed by atoms with Gasteiger partial charge in [-0.15, -0.1) is 0 Å². The van der Waals surface area contributed by atoms with Gasteiger partial charge in [0.05, 0.1) is 14.2 Å². The van der Waals surface area contributed by atoms with Crippen LogP contribution in [0, 0.1) is 17.5 Å². The van der Waals surface area contributed by atoms with E-state index in [1.165, 1.54) is 6.07 Å². The van der Waals surface area contributed by atoms with Crippen molar-refractivity contribution in [1.82, 2.24) is 5.32 Å². The maximum absolute atomic E-state index is 13.9. The molecule has 25 heavy (non-hydrogen) atoms. The fraction of sp³-hybridized carbons (Fsp3) is 0.368.